The second-order valence-electron chi connectivity index (χ2n) is 2.88. The Morgan fingerprint density at radius 1 is 1.67 bits per heavy atom. The van der Waals surface area contributed by atoms with Crippen molar-refractivity contribution in [2.24, 2.45) is 5.92 Å². The lowest BCUT2D eigenvalue weighted by Gasteiger charge is -2.17. The van der Waals surface area contributed by atoms with Gasteiger partial charge in [-0.1, -0.05) is 6.92 Å². The second-order valence-corrected chi connectivity index (χ2v) is 2.88. The maximum absolute atomic E-state index is 12.2. The quantitative estimate of drug-likeness (QED) is 0.647. The van der Waals surface area contributed by atoms with E-state index in [1.165, 1.54) is 18.0 Å². The molecule has 0 bridgehead atoms. The molecule has 1 heterocycles. The lowest BCUT2D eigenvalue weighted by molar-refractivity contribution is 0.0459. The number of hydrogen-bond acceptors (Lipinski definition) is 3. The van der Waals surface area contributed by atoms with Crippen molar-refractivity contribution in [3.8, 4) is 0 Å². The molecule has 0 aromatic heterocycles. The van der Waals surface area contributed by atoms with Gasteiger partial charge in [0.05, 0.1) is 5.92 Å². The van der Waals surface area contributed by atoms with Crippen LogP contribution in [0.1, 0.15) is 6.92 Å². The molecule has 0 radical (unpaired) electrons. The summed E-state index contributed by atoms with van der Waals surface area (Å²) in [6, 6.07) is 0. The van der Waals surface area contributed by atoms with Crippen molar-refractivity contribution < 1.29 is 13.9 Å². The predicted molar refractivity (Wildman–Crippen MR) is 40.2 cm³/mol. The zero-order chi connectivity index (χ0) is 9.30. The highest BCUT2D eigenvalue weighted by molar-refractivity contribution is 5.10. The average Bonchev–Trinajstić information content (AvgIpc) is 2.30. The van der Waals surface area contributed by atoms with Crippen LogP contribution < -0.4 is 5.43 Å². The summed E-state index contributed by atoms with van der Waals surface area (Å²) in [5, 5.41) is 10.5. The highest BCUT2D eigenvalue weighted by atomic mass is 19.3. The van der Waals surface area contributed by atoms with E-state index in [1.54, 1.807) is 7.05 Å². The lowest BCUT2D eigenvalue weighted by Crippen LogP contribution is -2.35. The highest BCUT2D eigenvalue weighted by Gasteiger charge is 2.26. The van der Waals surface area contributed by atoms with Crippen molar-refractivity contribution in [1.82, 2.24) is 10.4 Å². The molecule has 2 atom stereocenters. The van der Waals surface area contributed by atoms with Crippen LogP contribution in [0.2, 0.25) is 0 Å². The summed E-state index contributed by atoms with van der Waals surface area (Å²) >= 11 is 0. The van der Waals surface area contributed by atoms with Crippen LogP contribution in [0.15, 0.2) is 11.8 Å². The summed E-state index contributed by atoms with van der Waals surface area (Å²) in [6.45, 7) is 1.41. The van der Waals surface area contributed by atoms with Gasteiger partial charge in [0.2, 0.25) is 6.43 Å². The normalized spacial score (nSPS) is 27.2. The molecule has 0 aromatic rings. The van der Waals surface area contributed by atoms with Crippen molar-refractivity contribution in [1.29, 1.82) is 0 Å². The van der Waals surface area contributed by atoms with E-state index in [1.807, 2.05) is 0 Å². The van der Waals surface area contributed by atoms with Crippen molar-refractivity contribution in [2.75, 3.05) is 7.05 Å². The SMILES string of the molecule is C[C@@H](C1=CC(O)N(C)N1)C(F)F. The Morgan fingerprint density at radius 3 is 2.58 bits per heavy atom. The summed E-state index contributed by atoms with van der Waals surface area (Å²) in [6.07, 6.45) is -1.82. The summed E-state index contributed by atoms with van der Waals surface area (Å²) in [5.74, 6) is -0.857. The first-order valence-electron chi connectivity index (χ1n) is 3.70. The van der Waals surface area contributed by atoms with Crippen molar-refractivity contribution >= 4 is 0 Å². The largest absolute Gasteiger partial charge is 0.373 e. The van der Waals surface area contributed by atoms with Gasteiger partial charge in [0.1, 0.15) is 6.23 Å². The number of alkyl halides is 2. The van der Waals surface area contributed by atoms with E-state index >= 15 is 0 Å². The van der Waals surface area contributed by atoms with E-state index < -0.39 is 18.6 Å². The van der Waals surface area contributed by atoms with Crippen LogP contribution in [0.4, 0.5) is 8.78 Å². The molecule has 1 unspecified atom stereocenters. The molecule has 0 spiro atoms. The van der Waals surface area contributed by atoms with Gasteiger partial charge in [0.25, 0.3) is 0 Å². The fraction of sp³-hybridized carbons (Fsp3) is 0.714. The van der Waals surface area contributed by atoms with Crippen LogP contribution >= 0.6 is 0 Å². The first kappa shape index (κ1) is 9.41. The second kappa shape index (κ2) is 3.37. The molecule has 0 amide bonds. The molecule has 1 aliphatic heterocycles. The Bertz CT molecular complexity index is 196. The van der Waals surface area contributed by atoms with Crippen LogP contribution in [0.25, 0.3) is 0 Å². The Labute approximate surface area is 69.6 Å². The summed E-state index contributed by atoms with van der Waals surface area (Å²) in [5.41, 5.74) is 3.02. The molecule has 0 saturated carbocycles. The zero-order valence-corrected chi connectivity index (χ0v) is 6.96. The fourth-order valence-electron chi connectivity index (χ4n) is 0.969. The number of hydrazine groups is 1. The molecule has 12 heavy (non-hydrogen) atoms. The van der Waals surface area contributed by atoms with Gasteiger partial charge in [-0.15, -0.1) is 0 Å². The molecule has 5 heteroatoms. The number of rotatable bonds is 2. The van der Waals surface area contributed by atoms with Crippen LogP contribution in [0, 0.1) is 5.92 Å². The molecule has 0 saturated heterocycles. The predicted octanol–water partition coefficient (Wildman–Crippen LogP) is 0.540. The van der Waals surface area contributed by atoms with Gasteiger partial charge >= 0.3 is 0 Å². The van der Waals surface area contributed by atoms with Crippen LogP contribution in [0.5, 0.6) is 0 Å². The Balaban J connectivity index is 2.60. The van der Waals surface area contributed by atoms with E-state index in [-0.39, 0.29) is 0 Å². The molecule has 1 aliphatic rings. The number of halogens is 2. The lowest BCUT2D eigenvalue weighted by atomic mass is 10.1. The number of aliphatic hydroxyl groups is 1. The third kappa shape index (κ3) is 1.73. The molecule has 0 fully saturated rings. The maximum Gasteiger partial charge on any atom is 0.246 e. The number of hydrogen-bond donors (Lipinski definition) is 2. The summed E-state index contributed by atoms with van der Waals surface area (Å²) in [4.78, 5) is 0. The number of nitrogens with zero attached hydrogens (tertiary/aromatic N) is 1. The van der Waals surface area contributed by atoms with E-state index in [9.17, 15) is 8.78 Å². The van der Waals surface area contributed by atoms with Crippen molar-refractivity contribution in [2.45, 2.75) is 19.6 Å². The fourth-order valence-corrected chi connectivity index (χ4v) is 0.969. The minimum Gasteiger partial charge on any atom is -0.373 e. The molecular formula is C7H12F2N2O. The van der Waals surface area contributed by atoms with E-state index in [4.69, 9.17) is 5.11 Å². The smallest absolute Gasteiger partial charge is 0.246 e. The van der Waals surface area contributed by atoms with Crippen LogP contribution in [0.3, 0.4) is 0 Å². The first-order chi connectivity index (χ1) is 5.52. The van der Waals surface area contributed by atoms with E-state index in [0.717, 1.165) is 0 Å². The third-order valence-corrected chi connectivity index (χ3v) is 1.90. The van der Waals surface area contributed by atoms with Crippen LogP contribution in [-0.4, -0.2) is 29.8 Å². The van der Waals surface area contributed by atoms with Crippen LogP contribution in [-0.2, 0) is 0 Å². The standard InChI is InChI=1S/C7H12F2N2O/c1-4(7(8)9)5-3-6(12)11(2)10-5/h3-4,6-7,10,12H,1-2H3/t4-,6?/m0/s1. The minimum absolute atomic E-state index is 0.375. The number of allylic oxidation sites excluding steroid dienone is 1. The van der Waals surface area contributed by atoms with Gasteiger partial charge in [-0.2, -0.15) is 5.01 Å². The zero-order valence-electron chi connectivity index (χ0n) is 6.96. The van der Waals surface area contributed by atoms with Gasteiger partial charge in [-0.05, 0) is 6.08 Å². The average molecular weight is 178 g/mol. The molecule has 0 aliphatic carbocycles. The molecular weight excluding hydrogens is 166 g/mol. The highest BCUT2D eigenvalue weighted by Crippen LogP contribution is 2.21. The third-order valence-electron chi connectivity index (χ3n) is 1.90. The first-order valence-corrected chi connectivity index (χ1v) is 3.70. The number of aliphatic hydroxyl groups excluding tert-OH is 1. The Kier molecular flexibility index (Phi) is 2.64. The topological polar surface area (TPSA) is 35.5 Å². The number of nitrogens with one attached hydrogen (secondary N) is 1. The Morgan fingerprint density at radius 2 is 2.25 bits per heavy atom. The molecule has 0 aromatic carbocycles. The molecule has 70 valence electrons. The van der Waals surface area contributed by atoms with Gasteiger partial charge < -0.3 is 10.5 Å². The van der Waals surface area contributed by atoms with Gasteiger partial charge in [-0.3, -0.25) is 0 Å². The molecule has 3 nitrogen and oxygen atoms in total. The summed E-state index contributed by atoms with van der Waals surface area (Å²) in [7, 11) is 1.59. The van der Waals surface area contributed by atoms with E-state index in [0.29, 0.717) is 5.70 Å². The molecule has 1 rings (SSSR count). The maximum atomic E-state index is 12.2. The van der Waals surface area contributed by atoms with Gasteiger partial charge in [0, 0.05) is 12.7 Å². The molecule has 2 N–H and O–H groups in total. The summed E-state index contributed by atoms with van der Waals surface area (Å²) < 4.78 is 24.3. The van der Waals surface area contributed by atoms with Gasteiger partial charge in [0.15, 0.2) is 0 Å². The van der Waals surface area contributed by atoms with Gasteiger partial charge in [-0.25, -0.2) is 8.78 Å². The minimum atomic E-state index is -2.40. The van der Waals surface area contributed by atoms with Crippen molar-refractivity contribution in [3.05, 3.63) is 11.8 Å². The monoisotopic (exact) mass is 178 g/mol. The number of likely N-dealkylation sites (N-methyl/N-ethyl adjacent to an activating group) is 1. The van der Waals surface area contributed by atoms with Crippen molar-refractivity contribution in [3.63, 3.8) is 0 Å². The Hall–Kier alpha value is -0.680. The van der Waals surface area contributed by atoms with E-state index in [2.05, 4.69) is 5.43 Å².